The summed E-state index contributed by atoms with van der Waals surface area (Å²) in [7, 11) is 0. The van der Waals surface area contributed by atoms with E-state index >= 15 is 0 Å². The summed E-state index contributed by atoms with van der Waals surface area (Å²) in [4.78, 5) is 0. The van der Waals surface area contributed by atoms with Crippen molar-refractivity contribution >= 4 is 0 Å². The minimum absolute atomic E-state index is 0.338. The van der Waals surface area contributed by atoms with Crippen LogP contribution in [0.4, 0.5) is 0 Å². The maximum atomic E-state index is 5.57. The Bertz CT molecular complexity index is 307. The van der Waals surface area contributed by atoms with Crippen LogP contribution in [0.2, 0.25) is 0 Å². The summed E-state index contributed by atoms with van der Waals surface area (Å²) in [6, 6.07) is 0. The van der Waals surface area contributed by atoms with Gasteiger partial charge in [0.2, 0.25) is 0 Å². The van der Waals surface area contributed by atoms with Crippen LogP contribution in [0.3, 0.4) is 0 Å². The number of epoxide rings is 1. The Balaban J connectivity index is 2.19. The summed E-state index contributed by atoms with van der Waals surface area (Å²) in [5.41, 5.74) is 4.13. The predicted molar refractivity (Wildman–Crippen MR) is 69.3 cm³/mol. The molecule has 1 fully saturated rings. The molecule has 0 saturated carbocycles. The maximum Gasteiger partial charge on any atom is 0.102 e. The molecule has 0 N–H and O–H groups in total. The van der Waals surface area contributed by atoms with Crippen molar-refractivity contribution in [3.63, 3.8) is 0 Å². The van der Waals surface area contributed by atoms with E-state index in [1.54, 1.807) is 0 Å². The van der Waals surface area contributed by atoms with E-state index in [1.807, 2.05) is 6.08 Å². The molecule has 0 amide bonds. The Morgan fingerprint density at radius 1 is 1.56 bits per heavy atom. The molecule has 2 unspecified atom stereocenters. The molecular weight excluding hydrogens is 196 g/mol. The summed E-state index contributed by atoms with van der Waals surface area (Å²) >= 11 is 0. The Hall–Kier alpha value is -1.04. The quantitative estimate of drug-likeness (QED) is 0.357. The van der Waals surface area contributed by atoms with Gasteiger partial charge in [0.05, 0.1) is 6.10 Å². The van der Waals surface area contributed by atoms with Gasteiger partial charge in [0.1, 0.15) is 6.10 Å². The third-order valence-electron chi connectivity index (χ3n) is 2.90. The van der Waals surface area contributed by atoms with Gasteiger partial charge in [-0.25, -0.2) is 0 Å². The van der Waals surface area contributed by atoms with Gasteiger partial charge in [-0.1, -0.05) is 31.7 Å². The molecule has 0 aromatic heterocycles. The summed E-state index contributed by atoms with van der Waals surface area (Å²) in [6.45, 7) is 11.6. The van der Waals surface area contributed by atoms with E-state index in [2.05, 4.69) is 44.9 Å². The minimum Gasteiger partial charge on any atom is -0.365 e. The van der Waals surface area contributed by atoms with Gasteiger partial charge in [0, 0.05) is 0 Å². The first kappa shape index (κ1) is 13.0. The highest BCUT2D eigenvalue weighted by Crippen LogP contribution is 2.29. The molecule has 1 heteroatoms. The van der Waals surface area contributed by atoms with Gasteiger partial charge in [-0.05, 0) is 37.7 Å². The molecule has 16 heavy (non-hydrogen) atoms. The van der Waals surface area contributed by atoms with Crippen LogP contribution >= 0.6 is 0 Å². The van der Waals surface area contributed by atoms with Crippen LogP contribution < -0.4 is 0 Å². The predicted octanol–water partition coefficient (Wildman–Crippen LogP) is 4.03. The van der Waals surface area contributed by atoms with Crippen LogP contribution in [0.25, 0.3) is 0 Å². The molecule has 0 radical (unpaired) electrons. The topological polar surface area (TPSA) is 12.5 Å². The highest BCUT2D eigenvalue weighted by molar-refractivity contribution is 5.06. The Morgan fingerprint density at radius 2 is 2.31 bits per heavy atom. The average Bonchev–Trinajstić information content (AvgIpc) is 3.02. The van der Waals surface area contributed by atoms with E-state index in [0.29, 0.717) is 18.1 Å². The number of ether oxygens (including phenoxy) is 1. The largest absolute Gasteiger partial charge is 0.365 e. The first-order valence-corrected chi connectivity index (χ1v) is 5.97. The first-order chi connectivity index (χ1) is 7.67. The van der Waals surface area contributed by atoms with Gasteiger partial charge in [-0.2, -0.15) is 0 Å². The Morgan fingerprint density at radius 3 is 2.94 bits per heavy atom. The molecule has 0 spiro atoms. The fraction of sp³-hybridized carbons (Fsp3) is 0.533. The summed E-state index contributed by atoms with van der Waals surface area (Å²) < 4.78 is 5.57. The molecule has 1 nitrogen and oxygen atoms in total. The Labute approximate surface area is 99.2 Å². The van der Waals surface area contributed by atoms with Crippen molar-refractivity contribution in [1.29, 1.82) is 0 Å². The third-order valence-corrected chi connectivity index (χ3v) is 2.90. The SMILES string of the molecule is C=C=C(C)CCC1OC1C=C[C@@H](C)CC=C. The zero-order chi connectivity index (χ0) is 12.0. The highest BCUT2D eigenvalue weighted by atomic mass is 16.6. The molecule has 1 aliphatic rings. The lowest BCUT2D eigenvalue weighted by atomic mass is 10.1. The summed E-state index contributed by atoms with van der Waals surface area (Å²) in [6.07, 6.45) is 10.3. The summed E-state index contributed by atoms with van der Waals surface area (Å²) in [5.74, 6) is 0.567. The molecule has 0 aromatic carbocycles. The van der Waals surface area contributed by atoms with E-state index in [4.69, 9.17) is 4.74 Å². The lowest BCUT2D eigenvalue weighted by molar-refractivity contribution is 0.379. The first-order valence-electron chi connectivity index (χ1n) is 5.97. The standard InChI is InChI=1S/C15H22O/c1-5-7-13(4)9-11-15-14(16-15)10-8-12(3)6-2/h5,9,11,13-15H,1-2,7-8,10H2,3-4H3/t13-,14?,15?/m0/s1. The van der Waals surface area contributed by atoms with Crippen LogP contribution in [0.15, 0.2) is 42.7 Å². The highest BCUT2D eigenvalue weighted by Gasteiger charge is 2.35. The smallest absolute Gasteiger partial charge is 0.102 e. The molecular formula is C15H22O. The van der Waals surface area contributed by atoms with Gasteiger partial charge >= 0.3 is 0 Å². The van der Waals surface area contributed by atoms with E-state index in [0.717, 1.165) is 19.3 Å². The van der Waals surface area contributed by atoms with Crippen LogP contribution in [0, 0.1) is 5.92 Å². The van der Waals surface area contributed by atoms with Gasteiger partial charge < -0.3 is 4.74 Å². The van der Waals surface area contributed by atoms with E-state index in [9.17, 15) is 0 Å². The molecule has 0 bridgehead atoms. The molecule has 3 atom stereocenters. The van der Waals surface area contributed by atoms with E-state index < -0.39 is 0 Å². The van der Waals surface area contributed by atoms with Crippen molar-refractivity contribution in [2.45, 2.75) is 45.3 Å². The third kappa shape index (κ3) is 4.65. The molecule has 1 aliphatic heterocycles. The van der Waals surface area contributed by atoms with E-state index in [1.165, 1.54) is 5.57 Å². The fourth-order valence-corrected chi connectivity index (χ4v) is 1.65. The van der Waals surface area contributed by atoms with Crippen LogP contribution in [0.5, 0.6) is 0 Å². The monoisotopic (exact) mass is 218 g/mol. The molecule has 0 aromatic rings. The van der Waals surface area contributed by atoms with Crippen molar-refractivity contribution < 1.29 is 4.74 Å². The summed E-state index contributed by atoms with van der Waals surface area (Å²) in [5, 5.41) is 0. The van der Waals surface area contributed by atoms with Crippen molar-refractivity contribution in [3.8, 4) is 0 Å². The van der Waals surface area contributed by atoms with Crippen molar-refractivity contribution in [3.05, 3.63) is 42.7 Å². The second-order valence-corrected chi connectivity index (χ2v) is 4.52. The van der Waals surface area contributed by atoms with Crippen LogP contribution in [-0.4, -0.2) is 12.2 Å². The number of hydrogen-bond acceptors (Lipinski definition) is 1. The zero-order valence-corrected chi connectivity index (χ0v) is 10.4. The van der Waals surface area contributed by atoms with Gasteiger partial charge in [-0.3, -0.25) is 0 Å². The molecule has 0 aliphatic carbocycles. The number of rotatable bonds is 7. The van der Waals surface area contributed by atoms with E-state index in [-0.39, 0.29) is 0 Å². The molecule has 1 rings (SSSR count). The van der Waals surface area contributed by atoms with Gasteiger partial charge in [0.15, 0.2) is 0 Å². The zero-order valence-electron chi connectivity index (χ0n) is 10.4. The lowest BCUT2D eigenvalue weighted by Crippen LogP contribution is -1.93. The maximum absolute atomic E-state index is 5.57. The number of allylic oxidation sites excluding steroid dienone is 3. The van der Waals surface area contributed by atoms with Crippen molar-refractivity contribution in [2.24, 2.45) is 5.92 Å². The molecule has 1 heterocycles. The lowest BCUT2D eigenvalue weighted by Gasteiger charge is -1.98. The average molecular weight is 218 g/mol. The Kier molecular flexibility index (Phi) is 5.31. The fourth-order valence-electron chi connectivity index (χ4n) is 1.65. The molecule has 1 saturated heterocycles. The van der Waals surface area contributed by atoms with Gasteiger partial charge in [-0.15, -0.1) is 12.3 Å². The normalized spacial score (nSPS) is 25.1. The second kappa shape index (κ2) is 6.52. The van der Waals surface area contributed by atoms with Crippen molar-refractivity contribution in [2.75, 3.05) is 0 Å². The second-order valence-electron chi connectivity index (χ2n) is 4.52. The van der Waals surface area contributed by atoms with Crippen LogP contribution in [0.1, 0.15) is 33.1 Å². The number of hydrogen-bond donors (Lipinski definition) is 0. The molecule has 88 valence electrons. The van der Waals surface area contributed by atoms with Crippen molar-refractivity contribution in [1.82, 2.24) is 0 Å². The minimum atomic E-state index is 0.338. The van der Waals surface area contributed by atoms with Crippen LogP contribution in [-0.2, 0) is 4.74 Å². The van der Waals surface area contributed by atoms with Gasteiger partial charge in [0.25, 0.3) is 0 Å².